The first-order valence-electron chi connectivity index (χ1n) is 8.45. The molecule has 0 N–H and O–H groups in total. The molecule has 0 saturated heterocycles. The van der Waals surface area contributed by atoms with Gasteiger partial charge in [-0.2, -0.15) is 0 Å². The molecular weight excluding hydrogens is 383 g/mol. The zero-order chi connectivity index (χ0) is 19.1. The van der Waals surface area contributed by atoms with Crippen molar-refractivity contribution in [2.24, 2.45) is 4.99 Å². The number of halogens is 2. The molecule has 0 fully saturated rings. The third-order valence-corrected chi connectivity index (χ3v) is 4.61. The first-order valence-corrected chi connectivity index (χ1v) is 8.83. The van der Waals surface area contributed by atoms with E-state index in [2.05, 4.69) is 9.98 Å². The summed E-state index contributed by atoms with van der Waals surface area (Å²) in [5.41, 5.74) is 3.20. The van der Waals surface area contributed by atoms with Crippen molar-refractivity contribution >= 4 is 34.6 Å². The minimum absolute atomic E-state index is 0.183. The van der Waals surface area contributed by atoms with Gasteiger partial charge in [0, 0.05) is 23.4 Å². The van der Waals surface area contributed by atoms with Crippen LogP contribution in [0.3, 0.4) is 0 Å². The number of aliphatic imine (C=N–C) groups is 1. The van der Waals surface area contributed by atoms with Crippen LogP contribution in [0.5, 0.6) is 11.5 Å². The Labute approximate surface area is 164 Å². The molecule has 7 heteroatoms. The molecule has 0 unspecified atom stereocenters. The molecule has 0 atom stereocenters. The molecule has 5 nitrogen and oxygen atoms in total. The van der Waals surface area contributed by atoms with Gasteiger partial charge in [-0.3, -0.25) is 4.99 Å². The summed E-state index contributed by atoms with van der Waals surface area (Å²) >= 11 is 6.27. The number of hydrogen-bond donors (Lipinski definition) is 0. The van der Waals surface area contributed by atoms with Crippen LogP contribution in [0.15, 0.2) is 64.0 Å². The fourth-order valence-corrected chi connectivity index (χ4v) is 3.12. The third-order valence-electron chi connectivity index (χ3n) is 4.29. The van der Waals surface area contributed by atoms with E-state index in [-0.39, 0.29) is 12.6 Å². The SMILES string of the molecule is Fc1cccc(-c2nc3cc(N=Cc4cc5c(cc4Cl)OCO5)ccc3o2)c1. The molecule has 0 bridgehead atoms. The predicted octanol–water partition coefficient (Wildman–Crippen LogP) is 5.77. The fraction of sp³-hybridized carbons (Fsp3) is 0.0476. The highest BCUT2D eigenvalue weighted by Crippen LogP contribution is 2.36. The van der Waals surface area contributed by atoms with Gasteiger partial charge in [-0.15, -0.1) is 0 Å². The highest BCUT2D eigenvalue weighted by atomic mass is 35.5. The van der Waals surface area contributed by atoms with Crippen molar-refractivity contribution in [3.63, 3.8) is 0 Å². The van der Waals surface area contributed by atoms with Crippen molar-refractivity contribution in [2.45, 2.75) is 0 Å². The smallest absolute Gasteiger partial charge is 0.231 e. The quantitative estimate of drug-likeness (QED) is 0.414. The van der Waals surface area contributed by atoms with Gasteiger partial charge in [0.15, 0.2) is 17.1 Å². The summed E-state index contributed by atoms with van der Waals surface area (Å²) in [6, 6.07) is 15.0. The first kappa shape index (κ1) is 16.8. The van der Waals surface area contributed by atoms with Gasteiger partial charge in [0.2, 0.25) is 12.7 Å². The summed E-state index contributed by atoms with van der Waals surface area (Å²) in [5, 5.41) is 0.518. The van der Waals surface area contributed by atoms with E-state index in [0.29, 0.717) is 50.3 Å². The first-order chi connectivity index (χ1) is 13.7. The van der Waals surface area contributed by atoms with Crippen molar-refractivity contribution in [3.05, 3.63) is 71.0 Å². The van der Waals surface area contributed by atoms with E-state index >= 15 is 0 Å². The normalized spacial score (nSPS) is 12.9. The summed E-state index contributed by atoms with van der Waals surface area (Å²) < 4.78 is 29.8. The lowest BCUT2D eigenvalue weighted by Gasteiger charge is -2.01. The molecule has 28 heavy (non-hydrogen) atoms. The topological polar surface area (TPSA) is 56.9 Å². The Balaban J connectivity index is 1.46. The molecular formula is C21H12ClFN2O3. The van der Waals surface area contributed by atoms with Crippen LogP contribution >= 0.6 is 11.6 Å². The summed E-state index contributed by atoms with van der Waals surface area (Å²) in [4.78, 5) is 8.90. The van der Waals surface area contributed by atoms with Crippen LogP contribution in [-0.4, -0.2) is 18.0 Å². The molecule has 0 saturated carbocycles. The highest BCUT2D eigenvalue weighted by molar-refractivity contribution is 6.33. The summed E-state index contributed by atoms with van der Waals surface area (Å²) in [5.74, 6) is 1.27. The molecule has 0 aliphatic carbocycles. The zero-order valence-corrected chi connectivity index (χ0v) is 15.1. The van der Waals surface area contributed by atoms with Gasteiger partial charge in [0.25, 0.3) is 0 Å². The van der Waals surface area contributed by atoms with Gasteiger partial charge < -0.3 is 13.9 Å². The van der Waals surface area contributed by atoms with Crippen molar-refractivity contribution in [3.8, 4) is 23.0 Å². The van der Waals surface area contributed by atoms with E-state index in [1.54, 1.807) is 48.7 Å². The van der Waals surface area contributed by atoms with Crippen molar-refractivity contribution < 1.29 is 18.3 Å². The predicted molar refractivity (Wildman–Crippen MR) is 104 cm³/mol. The van der Waals surface area contributed by atoms with Crippen LogP contribution in [0, 0.1) is 5.82 Å². The number of aromatic nitrogens is 1. The minimum atomic E-state index is -0.342. The lowest BCUT2D eigenvalue weighted by molar-refractivity contribution is 0.174. The molecule has 1 aromatic heterocycles. The van der Waals surface area contributed by atoms with Gasteiger partial charge in [-0.1, -0.05) is 17.7 Å². The van der Waals surface area contributed by atoms with Crippen molar-refractivity contribution in [1.29, 1.82) is 0 Å². The average Bonchev–Trinajstić information content (AvgIpc) is 3.32. The van der Waals surface area contributed by atoms with Crippen LogP contribution < -0.4 is 9.47 Å². The van der Waals surface area contributed by atoms with Gasteiger partial charge in [-0.05, 0) is 42.5 Å². The second-order valence-corrected chi connectivity index (χ2v) is 6.57. The Hall–Kier alpha value is -3.38. The van der Waals surface area contributed by atoms with Crippen LogP contribution in [0.1, 0.15) is 5.56 Å². The number of ether oxygens (including phenoxy) is 2. The van der Waals surface area contributed by atoms with Crippen LogP contribution in [0.4, 0.5) is 10.1 Å². The maximum atomic E-state index is 13.4. The molecule has 1 aliphatic rings. The maximum absolute atomic E-state index is 13.4. The number of hydrogen-bond acceptors (Lipinski definition) is 5. The Kier molecular flexibility index (Phi) is 3.98. The van der Waals surface area contributed by atoms with Crippen LogP contribution in [0.25, 0.3) is 22.6 Å². The second kappa shape index (κ2) is 6.65. The number of fused-ring (bicyclic) bond motifs is 2. The molecule has 5 rings (SSSR count). The van der Waals surface area contributed by atoms with E-state index in [1.807, 2.05) is 0 Å². The number of rotatable bonds is 3. The molecule has 138 valence electrons. The standard InChI is InChI=1S/C21H12ClFN2O3/c22-16-9-20-19(26-11-27-20)7-13(16)10-24-15-4-5-18-17(8-15)25-21(28-18)12-2-1-3-14(23)6-12/h1-10H,11H2. The van der Waals surface area contributed by atoms with E-state index in [0.717, 1.165) is 0 Å². The van der Waals surface area contributed by atoms with Crippen LogP contribution in [-0.2, 0) is 0 Å². The van der Waals surface area contributed by atoms with E-state index in [1.165, 1.54) is 12.1 Å². The molecule has 0 spiro atoms. The van der Waals surface area contributed by atoms with Gasteiger partial charge in [0.05, 0.1) is 10.7 Å². The summed E-state index contributed by atoms with van der Waals surface area (Å²) in [6.45, 7) is 0.183. The lowest BCUT2D eigenvalue weighted by Crippen LogP contribution is -1.92. The number of nitrogens with zero attached hydrogens (tertiary/aromatic N) is 2. The maximum Gasteiger partial charge on any atom is 0.231 e. The molecule has 0 radical (unpaired) electrons. The largest absolute Gasteiger partial charge is 0.454 e. The Morgan fingerprint density at radius 2 is 1.89 bits per heavy atom. The Morgan fingerprint density at radius 1 is 1.04 bits per heavy atom. The lowest BCUT2D eigenvalue weighted by atomic mass is 10.2. The molecule has 1 aliphatic heterocycles. The summed E-state index contributed by atoms with van der Waals surface area (Å²) in [7, 11) is 0. The molecule has 0 amide bonds. The van der Waals surface area contributed by atoms with Gasteiger partial charge in [0.1, 0.15) is 11.3 Å². The molecule has 3 aromatic carbocycles. The Bertz CT molecular complexity index is 1240. The molecule has 4 aromatic rings. The van der Waals surface area contributed by atoms with Crippen LogP contribution in [0.2, 0.25) is 5.02 Å². The monoisotopic (exact) mass is 394 g/mol. The van der Waals surface area contributed by atoms with Gasteiger partial charge in [-0.25, -0.2) is 9.37 Å². The highest BCUT2D eigenvalue weighted by Gasteiger charge is 2.16. The summed E-state index contributed by atoms with van der Waals surface area (Å²) in [6.07, 6.45) is 1.65. The fourth-order valence-electron chi connectivity index (χ4n) is 2.92. The Morgan fingerprint density at radius 3 is 2.75 bits per heavy atom. The van der Waals surface area contributed by atoms with E-state index in [9.17, 15) is 4.39 Å². The zero-order valence-electron chi connectivity index (χ0n) is 14.4. The third kappa shape index (κ3) is 3.08. The number of benzene rings is 3. The average molecular weight is 395 g/mol. The number of oxazole rings is 1. The van der Waals surface area contributed by atoms with E-state index in [4.69, 9.17) is 25.5 Å². The second-order valence-electron chi connectivity index (χ2n) is 6.17. The van der Waals surface area contributed by atoms with Crippen molar-refractivity contribution in [1.82, 2.24) is 4.98 Å². The van der Waals surface area contributed by atoms with E-state index < -0.39 is 0 Å². The molecule has 2 heterocycles. The van der Waals surface area contributed by atoms with Gasteiger partial charge >= 0.3 is 0 Å². The van der Waals surface area contributed by atoms with Crippen molar-refractivity contribution in [2.75, 3.05) is 6.79 Å². The minimum Gasteiger partial charge on any atom is -0.454 e.